The number of nitro groups is 2. The topological polar surface area (TPSA) is 136 Å². The molecule has 9 nitrogen and oxygen atoms in total. The number of amides is 1. The summed E-state index contributed by atoms with van der Waals surface area (Å²) in [6.07, 6.45) is 3.58. The number of nitro benzene ring substituents is 2. The van der Waals surface area contributed by atoms with Gasteiger partial charge in [-0.2, -0.15) is 0 Å². The second kappa shape index (κ2) is 8.91. The van der Waals surface area contributed by atoms with Gasteiger partial charge >= 0.3 is 0 Å². The van der Waals surface area contributed by atoms with Crippen molar-refractivity contribution in [1.29, 1.82) is 0 Å². The first kappa shape index (κ1) is 20.6. The van der Waals surface area contributed by atoms with Crippen LogP contribution < -0.4 is 5.32 Å². The van der Waals surface area contributed by atoms with Crippen LogP contribution in [0.4, 0.5) is 11.4 Å². The van der Waals surface area contributed by atoms with E-state index in [4.69, 9.17) is 0 Å². The molecule has 1 aliphatic rings. The van der Waals surface area contributed by atoms with E-state index >= 15 is 0 Å². The molecule has 0 heterocycles. The predicted octanol–water partition coefficient (Wildman–Crippen LogP) is 4.04. The van der Waals surface area contributed by atoms with Crippen LogP contribution in [0.1, 0.15) is 36.0 Å². The van der Waals surface area contributed by atoms with Gasteiger partial charge in [-0.25, -0.2) is 0 Å². The van der Waals surface area contributed by atoms with Crippen molar-refractivity contribution in [3.63, 3.8) is 0 Å². The van der Waals surface area contributed by atoms with Crippen molar-refractivity contribution in [2.45, 2.75) is 41.9 Å². The molecule has 1 aliphatic carbocycles. The molecule has 1 amide bonds. The van der Waals surface area contributed by atoms with Crippen LogP contribution in [0.5, 0.6) is 5.75 Å². The van der Waals surface area contributed by atoms with Gasteiger partial charge in [-0.3, -0.25) is 25.0 Å². The standard InChI is InChI=1S/C19H19N3O6S/c23-15-5-7-16(8-6-15)29-18-4-2-1-3-17(18)20-19(24)12-9-13(21(25)26)11-14(10-12)22(27)28/h5-11,17-18,23H,1-4H2,(H,20,24)/t17-,18-/m1/s1. The Balaban J connectivity index is 1.77. The number of phenols is 1. The molecule has 152 valence electrons. The maximum atomic E-state index is 12.7. The molecule has 1 fully saturated rings. The van der Waals surface area contributed by atoms with Crippen LogP contribution in [0, 0.1) is 20.2 Å². The van der Waals surface area contributed by atoms with Gasteiger partial charge in [-0.15, -0.1) is 11.8 Å². The van der Waals surface area contributed by atoms with E-state index in [0.717, 1.165) is 48.8 Å². The first-order valence-electron chi connectivity index (χ1n) is 9.04. The fraction of sp³-hybridized carbons (Fsp3) is 0.316. The van der Waals surface area contributed by atoms with Crippen molar-refractivity contribution < 1.29 is 19.7 Å². The van der Waals surface area contributed by atoms with Gasteiger partial charge in [0.2, 0.25) is 0 Å². The Bertz CT molecular complexity index is 902. The van der Waals surface area contributed by atoms with Crippen LogP contribution in [0.25, 0.3) is 0 Å². The number of nitrogens with one attached hydrogen (secondary N) is 1. The Morgan fingerprint density at radius 3 is 2.17 bits per heavy atom. The lowest BCUT2D eigenvalue weighted by atomic mass is 9.94. The summed E-state index contributed by atoms with van der Waals surface area (Å²) in [5, 5.41) is 34.5. The lowest BCUT2D eigenvalue weighted by Gasteiger charge is -2.31. The Labute approximate surface area is 170 Å². The summed E-state index contributed by atoms with van der Waals surface area (Å²) >= 11 is 1.59. The number of rotatable bonds is 6. The predicted molar refractivity (Wildman–Crippen MR) is 107 cm³/mol. The minimum atomic E-state index is -0.756. The Morgan fingerprint density at radius 2 is 1.59 bits per heavy atom. The van der Waals surface area contributed by atoms with Crippen molar-refractivity contribution in [3.05, 3.63) is 68.3 Å². The van der Waals surface area contributed by atoms with E-state index in [-0.39, 0.29) is 22.6 Å². The van der Waals surface area contributed by atoms with E-state index in [1.807, 2.05) is 0 Å². The maximum absolute atomic E-state index is 12.7. The number of aromatic hydroxyl groups is 1. The number of carbonyl (C=O) groups is 1. The number of hydrogen-bond acceptors (Lipinski definition) is 7. The molecule has 2 aromatic rings. The molecule has 0 bridgehead atoms. The highest BCUT2D eigenvalue weighted by Gasteiger charge is 2.29. The van der Waals surface area contributed by atoms with Crippen LogP contribution in [0.15, 0.2) is 47.4 Å². The number of carbonyl (C=O) groups excluding carboxylic acids is 1. The quantitative estimate of drug-likeness (QED) is 0.535. The molecule has 0 aliphatic heterocycles. The maximum Gasteiger partial charge on any atom is 0.277 e. The van der Waals surface area contributed by atoms with Crippen molar-refractivity contribution >= 4 is 29.0 Å². The Morgan fingerprint density at radius 1 is 1.00 bits per heavy atom. The zero-order valence-corrected chi connectivity index (χ0v) is 16.1. The third kappa shape index (κ3) is 5.23. The summed E-state index contributed by atoms with van der Waals surface area (Å²) in [7, 11) is 0. The molecule has 10 heteroatoms. The summed E-state index contributed by atoms with van der Waals surface area (Å²) < 4.78 is 0. The fourth-order valence-corrected chi connectivity index (χ4v) is 4.59. The minimum Gasteiger partial charge on any atom is -0.508 e. The van der Waals surface area contributed by atoms with Crippen LogP contribution in [0.3, 0.4) is 0 Å². The van der Waals surface area contributed by atoms with Gasteiger partial charge in [0, 0.05) is 28.3 Å². The average Bonchev–Trinajstić information content (AvgIpc) is 2.70. The van der Waals surface area contributed by atoms with Gasteiger partial charge in [0.1, 0.15) is 5.75 Å². The van der Waals surface area contributed by atoms with Gasteiger partial charge in [0.15, 0.2) is 0 Å². The molecule has 0 radical (unpaired) electrons. The Hall–Kier alpha value is -3.14. The van der Waals surface area contributed by atoms with Crippen molar-refractivity contribution in [1.82, 2.24) is 5.32 Å². The molecule has 3 rings (SSSR count). The highest BCUT2D eigenvalue weighted by molar-refractivity contribution is 8.00. The average molecular weight is 417 g/mol. The highest BCUT2D eigenvalue weighted by Crippen LogP contribution is 2.35. The van der Waals surface area contributed by atoms with E-state index < -0.39 is 27.1 Å². The van der Waals surface area contributed by atoms with E-state index in [1.165, 1.54) is 0 Å². The smallest absolute Gasteiger partial charge is 0.277 e. The normalized spacial score (nSPS) is 18.8. The largest absolute Gasteiger partial charge is 0.508 e. The summed E-state index contributed by atoms with van der Waals surface area (Å²) in [5.74, 6) is -0.393. The lowest BCUT2D eigenvalue weighted by Crippen LogP contribution is -2.43. The van der Waals surface area contributed by atoms with Crippen molar-refractivity contribution in [2.24, 2.45) is 0 Å². The van der Waals surface area contributed by atoms with Gasteiger partial charge in [0.05, 0.1) is 21.5 Å². The zero-order chi connectivity index (χ0) is 21.0. The van der Waals surface area contributed by atoms with E-state index in [9.17, 15) is 30.1 Å². The van der Waals surface area contributed by atoms with Crippen LogP contribution in [-0.4, -0.2) is 32.2 Å². The molecule has 0 aromatic heterocycles. The number of thioether (sulfide) groups is 1. The van der Waals surface area contributed by atoms with Crippen LogP contribution in [0.2, 0.25) is 0 Å². The lowest BCUT2D eigenvalue weighted by molar-refractivity contribution is -0.394. The molecule has 0 unspecified atom stereocenters. The Kier molecular flexibility index (Phi) is 6.32. The van der Waals surface area contributed by atoms with Crippen molar-refractivity contribution in [3.8, 4) is 5.75 Å². The van der Waals surface area contributed by atoms with Gasteiger partial charge in [0.25, 0.3) is 17.3 Å². The number of phenolic OH excluding ortho intramolecular Hbond substituents is 1. The molecule has 0 spiro atoms. The SMILES string of the molecule is O=C(N[C@@H]1CCCC[C@H]1Sc1ccc(O)cc1)c1cc([N+](=O)[O-])cc([N+](=O)[O-])c1. The van der Waals surface area contributed by atoms with E-state index in [0.29, 0.717) is 0 Å². The number of hydrogen-bond donors (Lipinski definition) is 2. The molecule has 2 aromatic carbocycles. The number of non-ortho nitro benzene ring substituents is 2. The van der Waals surface area contributed by atoms with Crippen molar-refractivity contribution in [2.75, 3.05) is 0 Å². The van der Waals surface area contributed by atoms with Gasteiger partial charge in [-0.1, -0.05) is 12.8 Å². The summed E-state index contributed by atoms with van der Waals surface area (Å²) in [4.78, 5) is 34.3. The first-order chi connectivity index (χ1) is 13.8. The minimum absolute atomic E-state index is 0.0888. The summed E-state index contributed by atoms with van der Waals surface area (Å²) in [6.45, 7) is 0. The monoisotopic (exact) mass is 417 g/mol. The molecule has 2 atom stereocenters. The van der Waals surface area contributed by atoms with Gasteiger partial charge < -0.3 is 10.4 Å². The second-order valence-electron chi connectivity index (χ2n) is 6.77. The van der Waals surface area contributed by atoms with E-state index in [2.05, 4.69) is 5.32 Å². The number of nitrogens with zero attached hydrogens (tertiary/aromatic N) is 2. The molecule has 29 heavy (non-hydrogen) atoms. The highest BCUT2D eigenvalue weighted by atomic mass is 32.2. The van der Waals surface area contributed by atoms with Crippen LogP contribution >= 0.6 is 11.8 Å². The number of benzene rings is 2. The summed E-state index contributed by atoms with van der Waals surface area (Å²) in [5.41, 5.74) is -1.10. The molecular formula is C19H19N3O6S. The zero-order valence-electron chi connectivity index (χ0n) is 15.3. The molecular weight excluding hydrogens is 398 g/mol. The molecule has 2 N–H and O–H groups in total. The second-order valence-corrected chi connectivity index (χ2v) is 8.08. The van der Waals surface area contributed by atoms with Gasteiger partial charge in [-0.05, 0) is 37.1 Å². The fourth-order valence-electron chi connectivity index (χ4n) is 3.29. The summed E-state index contributed by atoms with van der Waals surface area (Å²) in [6, 6.07) is 9.56. The first-order valence-corrected chi connectivity index (χ1v) is 9.92. The molecule has 1 saturated carbocycles. The third-order valence-electron chi connectivity index (χ3n) is 4.73. The van der Waals surface area contributed by atoms with Crippen LogP contribution in [-0.2, 0) is 0 Å². The third-order valence-corrected chi connectivity index (χ3v) is 6.14. The molecule has 0 saturated heterocycles. The van der Waals surface area contributed by atoms with E-state index in [1.54, 1.807) is 36.0 Å².